The minimum absolute atomic E-state index is 0.0337. The number of rotatable bonds is 4. The Kier molecular flexibility index (Phi) is 3.91. The molecular weight excluding hydrogens is 296 g/mol. The van der Waals surface area contributed by atoms with Crippen LogP contribution in [-0.4, -0.2) is 70.2 Å². The summed E-state index contributed by atoms with van der Waals surface area (Å²) in [7, 11) is 1.94. The molecule has 2 saturated heterocycles. The number of hydrogen-bond donors (Lipinski definition) is 2. The molecule has 126 valence electrons. The second-order valence-electron chi connectivity index (χ2n) is 7.04. The predicted molar refractivity (Wildman–Crippen MR) is 84.0 cm³/mol. The number of carboxylic acids is 1. The summed E-state index contributed by atoms with van der Waals surface area (Å²) in [6.07, 6.45) is 1.05. The normalized spacial score (nSPS) is 27.4. The van der Waals surface area contributed by atoms with E-state index in [0.717, 1.165) is 23.5 Å². The largest absolute Gasteiger partial charge is 0.481 e. The van der Waals surface area contributed by atoms with Crippen LogP contribution >= 0.6 is 0 Å². The number of nitrogens with zero attached hydrogens (tertiary/aromatic N) is 3. The van der Waals surface area contributed by atoms with Crippen LogP contribution < -0.4 is 0 Å². The van der Waals surface area contributed by atoms with E-state index in [4.69, 9.17) is 0 Å². The van der Waals surface area contributed by atoms with Gasteiger partial charge in [-0.05, 0) is 32.9 Å². The molecule has 3 heterocycles. The third-order valence-corrected chi connectivity index (χ3v) is 5.43. The second-order valence-corrected chi connectivity index (χ2v) is 7.04. The molecule has 1 amide bonds. The molecule has 7 heteroatoms. The Labute approximate surface area is 135 Å². The van der Waals surface area contributed by atoms with E-state index < -0.39 is 11.4 Å². The number of aromatic nitrogens is 2. The van der Waals surface area contributed by atoms with Crippen molar-refractivity contribution >= 4 is 11.9 Å². The molecule has 1 aromatic rings. The molecule has 2 fully saturated rings. The molecule has 2 N–H and O–H groups in total. The van der Waals surface area contributed by atoms with Crippen molar-refractivity contribution in [3.8, 4) is 0 Å². The van der Waals surface area contributed by atoms with Gasteiger partial charge in [-0.25, -0.2) is 0 Å². The van der Waals surface area contributed by atoms with Gasteiger partial charge in [0.05, 0.1) is 5.69 Å². The number of H-pyrrole nitrogens is 1. The zero-order valence-electron chi connectivity index (χ0n) is 13.9. The fourth-order valence-electron chi connectivity index (χ4n) is 4.14. The number of hydrogen-bond acceptors (Lipinski definition) is 4. The number of fused-ring (bicyclic) bond motifs is 1. The maximum atomic E-state index is 12.5. The summed E-state index contributed by atoms with van der Waals surface area (Å²) >= 11 is 0. The van der Waals surface area contributed by atoms with E-state index >= 15 is 0 Å². The van der Waals surface area contributed by atoms with Gasteiger partial charge in [-0.15, -0.1) is 0 Å². The third kappa shape index (κ3) is 2.63. The average Bonchev–Trinajstić information content (AvgIpc) is 3.08. The van der Waals surface area contributed by atoms with Crippen LogP contribution in [-0.2, 0) is 16.0 Å². The standard InChI is InChI=1S/C16H24N4O3/c1-10-13(11(2)18-17-10)4-5-14(21)20-7-12-6-19(3)8-16(12,9-20)15(22)23/h12H,4-9H2,1-3H3,(H,17,18)(H,22,23)/t12-,16-/m0/s1. The summed E-state index contributed by atoms with van der Waals surface area (Å²) in [5, 5.41) is 16.7. The van der Waals surface area contributed by atoms with Crippen molar-refractivity contribution in [2.75, 3.05) is 33.2 Å². The van der Waals surface area contributed by atoms with Gasteiger partial charge in [-0.2, -0.15) is 5.10 Å². The zero-order valence-corrected chi connectivity index (χ0v) is 13.9. The molecule has 0 saturated carbocycles. The van der Waals surface area contributed by atoms with Gasteiger partial charge in [0.1, 0.15) is 5.41 Å². The summed E-state index contributed by atoms with van der Waals surface area (Å²) in [6, 6.07) is 0. The zero-order chi connectivity index (χ0) is 16.8. The van der Waals surface area contributed by atoms with Crippen molar-refractivity contribution in [1.82, 2.24) is 20.0 Å². The molecule has 0 radical (unpaired) electrons. The molecule has 1 aromatic heterocycles. The number of carboxylic acid groups (broad SMARTS) is 1. The Bertz CT molecular complexity index is 622. The molecule has 0 aliphatic carbocycles. The van der Waals surface area contributed by atoms with Crippen LogP contribution in [0.1, 0.15) is 23.4 Å². The quantitative estimate of drug-likeness (QED) is 0.840. The van der Waals surface area contributed by atoms with Crippen molar-refractivity contribution in [3.05, 3.63) is 17.0 Å². The topological polar surface area (TPSA) is 89.5 Å². The number of aryl methyl sites for hydroxylation is 2. The molecule has 0 unspecified atom stereocenters. The molecule has 2 atom stereocenters. The van der Waals surface area contributed by atoms with Gasteiger partial charge in [0, 0.05) is 44.2 Å². The Morgan fingerprint density at radius 1 is 1.35 bits per heavy atom. The first-order valence-electron chi connectivity index (χ1n) is 8.03. The Morgan fingerprint density at radius 3 is 2.65 bits per heavy atom. The van der Waals surface area contributed by atoms with Crippen LogP contribution in [0.4, 0.5) is 0 Å². The van der Waals surface area contributed by atoms with Crippen LogP contribution in [0.3, 0.4) is 0 Å². The van der Waals surface area contributed by atoms with Gasteiger partial charge in [0.2, 0.25) is 5.91 Å². The van der Waals surface area contributed by atoms with Crippen LogP contribution in [0, 0.1) is 25.2 Å². The van der Waals surface area contributed by atoms with Crippen molar-refractivity contribution in [3.63, 3.8) is 0 Å². The number of likely N-dealkylation sites (tertiary alicyclic amines) is 2. The first-order valence-corrected chi connectivity index (χ1v) is 8.03. The van der Waals surface area contributed by atoms with Gasteiger partial charge in [-0.3, -0.25) is 14.7 Å². The SMILES string of the molecule is Cc1n[nH]c(C)c1CCC(=O)N1C[C@@H]2CN(C)C[C@]2(C(=O)O)C1. The second kappa shape index (κ2) is 5.63. The molecule has 0 spiro atoms. The molecule has 0 bridgehead atoms. The number of aromatic amines is 1. The first-order chi connectivity index (χ1) is 10.8. The summed E-state index contributed by atoms with van der Waals surface area (Å²) in [5.74, 6) is -0.697. The lowest BCUT2D eigenvalue weighted by Gasteiger charge is -2.24. The molecule has 3 rings (SSSR count). The van der Waals surface area contributed by atoms with E-state index in [2.05, 4.69) is 15.1 Å². The van der Waals surface area contributed by atoms with E-state index in [9.17, 15) is 14.7 Å². The van der Waals surface area contributed by atoms with Crippen LogP contribution in [0.15, 0.2) is 0 Å². The fraction of sp³-hybridized carbons (Fsp3) is 0.688. The lowest BCUT2D eigenvalue weighted by atomic mass is 9.81. The van der Waals surface area contributed by atoms with Gasteiger partial charge in [0.25, 0.3) is 0 Å². The molecule has 2 aliphatic rings. The third-order valence-electron chi connectivity index (χ3n) is 5.43. The van der Waals surface area contributed by atoms with E-state index in [-0.39, 0.29) is 11.8 Å². The minimum atomic E-state index is -0.786. The van der Waals surface area contributed by atoms with Gasteiger partial charge in [-0.1, -0.05) is 0 Å². The smallest absolute Gasteiger partial charge is 0.313 e. The Morgan fingerprint density at radius 2 is 2.09 bits per heavy atom. The summed E-state index contributed by atoms with van der Waals surface area (Å²) in [5.41, 5.74) is 2.23. The highest BCUT2D eigenvalue weighted by atomic mass is 16.4. The van der Waals surface area contributed by atoms with E-state index in [1.165, 1.54) is 0 Å². The van der Waals surface area contributed by atoms with E-state index in [1.807, 2.05) is 20.9 Å². The number of carbonyl (C=O) groups excluding carboxylic acids is 1. The summed E-state index contributed by atoms with van der Waals surface area (Å²) in [4.78, 5) is 28.1. The van der Waals surface area contributed by atoms with Crippen LogP contribution in [0.5, 0.6) is 0 Å². The van der Waals surface area contributed by atoms with Crippen molar-refractivity contribution < 1.29 is 14.7 Å². The minimum Gasteiger partial charge on any atom is -0.481 e. The average molecular weight is 320 g/mol. The van der Waals surface area contributed by atoms with Crippen LogP contribution in [0.2, 0.25) is 0 Å². The molecule has 2 aliphatic heterocycles. The van der Waals surface area contributed by atoms with Crippen molar-refractivity contribution in [2.45, 2.75) is 26.7 Å². The predicted octanol–water partition coefficient (Wildman–Crippen LogP) is 0.434. The summed E-state index contributed by atoms with van der Waals surface area (Å²) < 4.78 is 0. The van der Waals surface area contributed by atoms with E-state index in [0.29, 0.717) is 32.5 Å². The first kappa shape index (κ1) is 16.0. The Hall–Kier alpha value is -1.89. The highest BCUT2D eigenvalue weighted by Crippen LogP contribution is 2.42. The molecular formula is C16H24N4O3. The fourth-order valence-corrected chi connectivity index (χ4v) is 4.14. The molecule has 7 nitrogen and oxygen atoms in total. The molecule has 0 aromatic carbocycles. The monoisotopic (exact) mass is 320 g/mol. The van der Waals surface area contributed by atoms with Gasteiger partial charge in [0.15, 0.2) is 0 Å². The van der Waals surface area contributed by atoms with Gasteiger partial charge >= 0.3 is 5.97 Å². The highest BCUT2D eigenvalue weighted by Gasteiger charge is 2.57. The maximum Gasteiger partial charge on any atom is 0.313 e. The number of carbonyl (C=O) groups is 2. The van der Waals surface area contributed by atoms with E-state index in [1.54, 1.807) is 4.90 Å². The summed E-state index contributed by atoms with van der Waals surface area (Å²) in [6.45, 7) is 6.04. The molecule has 23 heavy (non-hydrogen) atoms. The lowest BCUT2D eigenvalue weighted by Crippen LogP contribution is -2.41. The number of nitrogens with one attached hydrogen (secondary N) is 1. The number of amides is 1. The van der Waals surface area contributed by atoms with Crippen molar-refractivity contribution in [2.24, 2.45) is 11.3 Å². The van der Waals surface area contributed by atoms with Gasteiger partial charge < -0.3 is 14.9 Å². The highest BCUT2D eigenvalue weighted by molar-refractivity contribution is 5.82. The van der Waals surface area contributed by atoms with Crippen molar-refractivity contribution in [1.29, 1.82) is 0 Å². The maximum absolute atomic E-state index is 12.5. The lowest BCUT2D eigenvalue weighted by molar-refractivity contribution is -0.149. The Balaban J connectivity index is 1.65. The van der Waals surface area contributed by atoms with Crippen LogP contribution in [0.25, 0.3) is 0 Å². The number of aliphatic carboxylic acids is 1.